The number of aromatic nitrogens is 1. The average Bonchev–Trinajstić information content (AvgIpc) is 3.09. The first-order chi connectivity index (χ1) is 9.24. The molecule has 2 saturated heterocycles. The van der Waals surface area contributed by atoms with Crippen LogP contribution in [0.2, 0.25) is 0 Å². The summed E-state index contributed by atoms with van der Waals surface area (Å²) in [7, 11) is 0. The molecule has 1 N–H and O–H groups in total. The lowest BCUT2D eigenvalue weighted by Gasteiger charge is -2.24. The van der Waals surface area contributed by atoms with Gasteiger partial charge in [0.15, 0.2) is 5.69 Å². The van der Waals surface area contributed by atoms with Crippen LogP contribution in [0.5, 0.6) is 0 Å². The third-order valence-electron chi connectivity index (χ3n) is 4.10. The molecular weight excluding hydrogens is 242 g/mol. The SMILES string of the molecule is O=C(O)c1cccc(N2CCC(N3CCCC3)C2)n1. The largest absolute Gasteiger partial charge is 0.477 e. The van der Waals surface area contributed by atoms with Crippen molar-refractivity contribution in [1.82, 2.24) is 9.88 Å². The monoisotopic (exact) mass is 261 g/mol. The van der Waals surface area contributed by atoms with E-state index in [1.807, 2.05) is 6.07 Å². The van der Waals surface area contributed by atoms with E-state index in [9.17, 15) is 4.79 Å². The second kappa shape index (κ2) is 5.17. The number of carboxylic acids is 1. The fourth-order valence-corrected chi connectivity index (χ4v) is 3.07. The molecule has 0 aliphatic carbocycles. The number of anilines is 1. The first-order valence-corrected chi connectivity index (χ1v) is 6.93. The Balaban J connectivity index is 1.70. The number of nitrogens with zero attached hydrogens (tertiary/aromatic N) is 3. The quantitative estimate of drug-likeness (QED) is 0.892. The molecule has 0 spiro atoms. The Bertz CT molecular complexity index is 472. The first kappa shape index (κ1) is 12.4. The summed E-state index contributed by atoms with van der Waals surface area (Å²) >= 11 is 0. The molecule has 2 fully saturated rings. The number of likely N-dealkylation sites (tertiary alicyclic amines) is 1. The maximum atomic E-state index is 11.0. The summed E-state index contributed by atoms with van der Waals surface area (Å²) in [4.78, 5) is 19.9. The number of aromatic carboxylic acids is 1. The van der Waals surface area contributed by atoms with Crippen LogP contribution in [0.15, 0.2) is 18.2 Å². The van der Waals surface area contributed by atoms with Gasteiger partial charge in [-0.3, -0.25) is 4.90 Å². The summed E-state index contributed by atoms with van der Waals surface area (Å²) in [6.45, 7) is 4.36. The minimum Gasteiger partial charge on any atom is -0.477 e. The van der Waals surface area contributed by atoms with Crippen LogP contribution in [0.4, 0.5) is 5.82 Å². The van der Waals surface area contributed by atoms with Crippen molar-refractivity contribution in [3.05, 3.63) is 23.9 Å². The second-order valence-corrected chi connectivity index (χ2v) is 5.32. The van der Waals surface area contributed by atoms with Crippen molar-refractivity contribution < 1.29 is 9.90 Å². The van der Waals surface area contributed by atoms with Crippen molar-refractivity contribution in [2.24, 2.45) is 0 Å². The molecule has 1 aromatic rings. The summed E-state index contributed by atoms with van der Waals surface area (Å²) in [5.74, 6) is -0.168. The van der Waals surface area contributed by atoms with Crippen LogP contribution in [-0.4, -0.2) is 53.2 Å². The van der Waals surface area contributed by atoms with Gasteiger partial charge in [0, 0.05) is 19.1 Å². The van der Waals surface area contributed by atoms with Gasteiger partial charge in [-0.05, 0) is 44.5 Å². The number of hydrogen-bond donors (Lipinski definition) is 1. The van der Waals surface area contributed by atoms with Gasteiger partial charge in [0.25, 0.3) is 0 Å². The minimum atomic E-state index is -0.961. The van der Waals surface area contributed by atoms with Crippen LogP contribution < -0.4 is 4.90 Å². The van der Waals surface area contributed by atoms with Gasteiger partial charge in [-0.2, -0.15) is 0 Å². The highest BCUT2D eigenvalue weighted by Gasteiger charge is 2.29. The van der Waals surface area contributed by atoms with Crippen LogP contribution in [0.1, 0.15) is 29.8 Å². The van der Waals surface area contributed by atoms with Gasteiger partial charge in [-0.1, -0.05) is 6.07 Å². The van der Waals surface area contributed by atoms with Crippen molar-refractivity contribution in [3.63, 3.8) is 0 Å². The Morgan fingerprint density at radius 1 is 1.26 bits per heavy atom. The van der Waals surface area contributed by atoms with Gasteiger partial charge in [0.2, 0.25) is 0 Å². The molecule has 2 aliphatic heterocycles. The molecule has 5 nitrogen and oxygen atoms in total. The third kappa shape index (κ3) is 2.56. The van der Waals surface area contributed by atoms with E-state index >= 15 is 0 Å². The topological polar surface area (TPSA) is 56.7 Å². The van der Waals surface area contributed by atoms with Crippen molar-refractivity contribution in [3.8, 4) is 0 Å². The molecule has 2 aliphatic rings. The van der Waals surface area contributed by atoms with Gasteiger partial charge < -0.3 is 10.0 Å². The normalized spacial score (nSPS) is 24.0. The van der Waals surface area contributed by atoms with Crippen LogP contribution >= 0.6 is 0 Å². The van der Waals surface area contributed by atoms with Gasteiger partial charge in [0.05, 0.1) is 0 Å². The second-order valence-electron chi connectivity index (χ2n) is 5.32. The fourth-order valence-electron chi connectivity index (χ4n) is 3.07. The Morgan fingerprint density at radius 3 is 2.79 bits per heavy atom. The lowest BCUT2D eigenvalue weighted by Crippen LogP contribution is -2.35. The number of hydrogen-bond acceptors (Lipinski definition) is 4. The fraction of sp³-hybridized carbons (Fsp3) is 0.571. The zero-order chi connectivity index (χ0) is 13.2. The molecule has 3 rings (SSSR count). The summed E-state index contributed by atoms with van der Waals surface area (Å²) < 4.78 is 0. The van der Waals surface area contributed by atoms with Gasteiger partial charge >= 0.3 is 5.97 Å². The zero-order valence-electron chi connectivity index (χ0n) is 11.0. The minimum absolute atomic E-state index is 0.127. The smallest absolute Gasteiger partial charge is 0.354 e. The predicted octanol–water partition coefficient (Wildman–Crippen LogP) is 1.45. The Hall–Kier alpha value is -1.62. The van der Waals surface area contributed by atoms with E-state index in [0.29, 0.717) is 6.04 Å². The maximum Gasteiger partial charge on any atom is 0.354 e. The van der Waals surface area contributed by atoms with Crippen LogP contribution in [-0.2, 0) is 0 Å². The van der Waals surface area contributed by atoms with Crippen molar-refractivity contribution >= 4 is 11.8 Å². The molecule has 1 aromatic heterocycles. The highest BCUT2D eigenvalue weighted by Crippen LogP contribution is 2.24. The van der Waals surface area contributed by atoms with Crippen molar-refractivity contribution in [2.45, 2.75) is 25.3 Å². The van der Waals surface area contributed by atoms with Crippen molar-refractivity contribution in [1.29, 1.82) is 0 Å². The molecule has 5 heteroatoms. The Labute approximate surface area is 112 Å². The molecule has 0 aromatic carbocycles. The van der Waals surface area contributed by atoms with Gasteiger partial charge in [0.1, 0.15) is 5.82 Å². The van der Waals surface area contributed by atoms with Crippen molar-refractivity contribution in [2.75, 3.05) is 31.1 Å². The summed E-state index contributed by atoms with van der Waals surface area (Å²) in [6.07, 6.45) is 3.77. The zero-order valence-corrected chi connectivity index (χ0v) is 11.0. The molecular formula is C14H19N3O2. The summed E-state index contributed by atoms with van der Waals surface area (Å²) in [5.41, 5.74) is 0.127. The highest BCUT2D eigenvalue weighted by molar-refractivity contribution is 5.85. The number of carboxylic acid groups (broad SMARTS) is 1. The molecule has 19 heavy (non-hydrogen) atoms. The van der Waals surface area contributed by atoms with E-state index < -0.39 is 5.97 Å². The van der Waals surface area contributed by atoms with Crippen LogP contribution in [0.25, 0.3) is 0 Å². The molecule has 0 saturated carbocycles. The Morgan fingerprint density at radius 2 is 2.05 bits per heavy atom. The molecule has 0 bridgehead atoms. The maximum absolute atomic E-state index is 11.0. The van der Waals surface area contributed by atoms with E-state index in [4.69, 9.17) is 5.11 Å². The van der Waals surface area contributed by atoms with Gasteiger partial charge in [-0.25, -0.2) is 9.78 Å². The average molecular weight is 261 g/mol. The third-order valence-corrected chi connectivity index (χ3v) is 4.10. The van der Waals surface area contributed by atoms with E-state index in [2.05, 4.69) is 14.8 Å². The summed E-state index contributed by atoms with van der Waals surface area (Å²) in [5, 5.41) is 8.99. The molecule has 102 valence electrons. The molecule has 3 heterocycles. The highest BCUT2D eigenvalue weighted by atomic mass is 16.4. The Kier molecular flexibility index (Phi) is 3.38. The molecule has 0 amide bonds. The number of rotatable bonds is 3. The molecule has 0 radical (unpaired) electrons. The molecule has 1 unspecified atom stereocenters. The van der Waals surface area contributed by atoms with E-state index in [1.165, 1.54) is 25.9 Å². The van der Waals surface area contributed by atoms with E-state index in [0.717, 1.165) is 25.3 Å². The lowest BCUT2D eigenvalue weighted by molar-refractivity contribution is 0.0690. The van der Waals surface area contributed by atoms with Crippen LogP contribution in [0, 0.1) is 0 Å². The molecule has 1 atom stereocenters. The first-order valence-electron chi connectivity index (χ1n) is 6.93. The van der Waals surface area contributed by atoms with Gasteiger partial charge in [-0.15, -0.1) is 0 Å². The summed E-state index contributed by atoms with van der Waals surface area (Å²) in [6, 6.07) is 5.82. The van der Waals surface area contributed by atoms with E-state index in [1.54, 1.807) is 12.1 Å². The lowest BCUT2D eigenvalue weighted by atomic mass is 10.2. The predicted molar refractivity (Wildman–Crippen MR) is 72.6 cm³/mol. The standard InChI is InChI=1S/C14H19N3O2/c18-14(19)12-4-3-5-13(15-12)17-9-6-11(10-17)16-7-1-2-8-16/h3-5,11H,1-2,6-10H2,(H,18,19). The number of carbonyl (C=O) groups is 1. The number of pyridine rings is 1. The van der Waals surface area contributed by atoms with E-state index in [-0.39, 0.29) is 5.69 Å². The van der Waals surface area contributed by atoms with Crippen LogP contribution in [0.3, 0.4) is 0 Å².